The molecular weight excluding hydrogens is 240 g/mol. The molecule has 0 N–H and O–H groups in total. The van der Waals surface area contributed by atoms with E-state index in [0.717, 1.165) is 11.8 Å². The summed E-state index contributed by atoms with van der Waals surface area (Å²) in [6, 6.07) is 0. The van der Waals surface area contributed by atoms with Crippen LogP contribution >= 0.6 is 0 Å². The normalized spacial score (nSPS) is 14.4. The molecule has 0 fully saturated rings. The van der Waals surface area contributed by atoms with Crippen LogP contribution in [0.25, 0.3) is 0 Å². The Balaban J connectivity index is 3.89. The molecule has 2 unspecified atom stereocenters. The van der Waals surface area contributed by atoms with E-state index in [2.05, 4.69) is 34.1 Å². The smallest absolute Gasteiger partial charge is 0.0324 e. The molecule has 0 rings (SSSR count). The number of hydrogen-bond acceptors (Lipinski definition) is 0. The van der Waals surface area contributed by atoms with Crippen molar-refractivity contribution in [1.82, 2.24) is 0 Å². The summed E-state index contributed by atoms with van der Waals surface area (Å²) in [4.78, 5) is 0. The van der Waals surface area contributed by atoms with Crippen LogP contribution in [0.3, 0.4) is 0 Å². The lowest BCUT2D eigenvalue weighted by Gasteiger charge is -2.22. The van der Waals surface area contributed by atoms with Crippen LogP contribution in [0.4, 0.5) is 0 Å². The molecule has 0 heterocycles. The van der Waals surface area contributed by atoms with E-state index in [4.69, 9.17) is 0 Å². The molecule has 0 aromatic heterocycles. The molecule has 0 spiro atoms. The minimum absolute atomic E-state index is 0.883. The molecule has 0 nitrogen and oxygen atoms in total. The third-order valence-electron chi connectivity index (χ3n) is 4.59. The maximum atomic E-state index is 2.74. The van der Waals surface area contributed by atoms with Gasteiger partial charge in [-0.25, -0.2) is 0 Å². The van der Waals surface area contributed by atoms with E-state index in [9.17, 15) is 0 Å². The minimum Gasteiger partial charge on any atom is -0.0654 e. The van der Waals surface area contributed by atoms with Crippen molar-refractivity contribution in [2.24, 2.45) is 11.8 Å². The van der Waals surface area contributed by atoms with Gasteiger partial charge in [0.2, 0.25) is 0 Å². The van der Waals surface area contributed by atoms with Crippen LogP contribution in [-0.2, 0) is 0 Å². The van der Waals surface area contributed by atoms with Crippen molar-refractivity contribution in [3.05, 3.63) is 6.42 Å². The first kappa shape index (κ1) is 20.0. The van der Waals surface area contributed by atoms with E-state index in [1.54, 1.807) is 0 Å². The van der Waals surface area contributed by atoms with Gasteiger partial charge in [-0.2, -0.15) is 0 Å². The summed E-state index contributed by atoms with van der Waals surface area (Å²) < 4.78 is 0. The third kappa shape index (κ3) is 11.8. The maximum absolute atomic E-state index is 2.74. The summed E-state index contributed by atoms with van der Waals surface area (Å²) in [6.45, 7) is 9.32. The standard InChI is InChI=1S/C20H41/c1-5-9-11-12-14-17-20(15-7-3)18-19(8-4)16-13-10-6-2/h18-20H,5-17H2,1-4H3. The van der Waals surface area contributed by atoms with Gasteiger partial charge in [0.15, 0.2) is 0 Å². The Labute approximate surface area is 130 Å². The second-order valence-corrected chi connectivity index (χ2v) is 6.61. The second-order valence-electron chi connectivity index (χ2n) is 6.61. The predicted octanol–water partition coefficient (Wildman–Crippen LogP) is 7.57. The fourth-order valence-electron chi connectivity index (χ4n) is 3.20. The largest absolute Gasteiger partial charge is 0.0654 e. The van der Waals surface area contributed by atoms with Crippen LogP contribution in [0.1, 0.15) is 111 Å². The SMILES string of the molecule is CCCCCCCC([CH]C(CC)CCCCC)CCC. The first-order chi connectivity index (χ1) is 9.78. The highest BCUT2D eigenvalue weighted by molar-refractivity contribution is 4.83. The average molecular weight is 282 g/mol. The van der Waals surface area contributed by atoms with Crippen molar-refractivity contribution in [2.75, 3.05) is 0 Å². The predicted molar refractivity (Wildman–Crippen MR) is 94.0 cm³/mol. The van der Waals surface area contributed by atoms with Crippen LogP contribution in [0.2, 0.25) is 0 Å². The van der Waals surface area contributed by atoms with Crippen LogP contribution < -0.4 is 0 Å². The van der Waals surface area contributed by atoms with Gasteiger partial charge in [0.25, 0.3) is 0 Å². The summed E-state index contributed by atoms with van der Waals surface area (Å²) in [6.07, 6.45) is 21.1. The van der Waals surface area contributed by atoms with Crippen molar-refractivity contribution < 1.29 is 0 Å². The van der Waals surface area contributed by atoms with Gasteiger partial charge >= 0.3 is 0 Å². The van der Waals surface area contributed by atoms with Crippen LogP contribution in [0.15, 0.2) is 0 Å². The first-order valence-corrected chi connectivity index (χ1v) is 9.63. The van der Waals surface area contributed by atoms with Crippen LogP contribution in [0, 0.1) is 18.3 Å². The molecule has 2 atom stereocenters. The molecule has 0 saturated heterocycles. The zero-order valence-corrected chi connectivity index (χ0v) is 14.9. The van der Waals surface area contributed by atoms with E-state index in [1.807, 2.05) is 0 Å². The highest BCUT2D eigenvalue weighted by atomic mass is 14.2. The van der Waals surface area contributed by atoms with Crippen molar-refractivity contribution in [3.63, 3.8) is 0 Å². The first-order valence-electron chi connectivity index (χ1n) is 9.63. The molecule has 20 heavy (non-hydrogen) atoms. The molecule has 121 valence electrons. The van der Waals surface area contributed by atoms with Gasteiger partial charge in [-0.15, -0.1) is 0 Å². The topological polar surface area (TPSA) is 0 Å². The van der Waals surface area contributed by atoms with Crippen molar-refractivity contribution in [1.29, 1.82) is 0 Å². The van der Waals surface area contributed by atoms with Crippen molar-refractivity contribution in [2.45, 2.75) is 111 Å². The molecule has 0 aliphatic rings. The summed E-state index contributed by atoms with van der Waals surface area (Å²) in [5.74, 6) is 1.78. The van der Waals surface area contributed by atoms with Gasteiger partial charge in [-0.1, -0.05) is 111 Å². The Morgan fingerprint density at radius 1 is 0.550 bits per heavy atom. The molecule has 0 heteroatoms. The van der Waals surface area contributed by atoms with Crippen molar-refractivity contribution >= 4 is 0 Å². The second kappa shape index (κ2) is 15.4. The quantitative estimate of drug-likeness (QED) is 0.271. The Morgan fingerprint density at radius 2 is 1.10 bits per heavy atom. The number of rotatable bonds is 15. The van der Waals surface area contributed by atoms with Gasteiger partial charge in [0.1, 0.15) is 0 Å². The molecule has 0 amide bonds. The minimum atomic E-state index is 0.883. The average Bonchev–Trinajstić information content (AvgIpc) is 2.46. The van der Waals surface area contributed by atoms with E-state index >= 15 is 0 Å². The summed E-state index contributed by atoms with van der Waals surface area (Å²) >= 11 is 0. The Kier molecular flexibility index (Phi) is 15.4. The lowest BCUT2D eigenvalue weighted by atomic mass is 9.83. The van der Waals surface area contributed by atoms with Gasteiger partial charge in [0, 0.05) is 0 Å². The molecule has 0 aromatic carbocycles. The zero-order valence-electron chi connectivity index (χ0n) is 14.9. The highest BCUT2D eigenvalue weighted by Gasteiger charge is 2.14. The molecule has 1 radical (unpaired) electrons. The summed E-state index contributed by atoms with van der Waals surface area (Å²) in [7, 11) is 0. The third-order valence-corrected chi connectivity index (χ3v) is 4.59. The Hall–Kier alpha value is 0. The van der Waals surface area contributed by atoms with E-state index < -0.39 is 0 Å². The fourth-order valence-corrected chi connectivity index (χ4v) is 3.20. The monoisotopic (exact) mass is 281 g/mol. The Bertz CT molecular complexity index is 173. The molecule has 0 aliphatic carbocycles. The van der Waals surface area contributed by atoms with Gasteiger partial charge in [-0.05, 0) is 18.3 Å². The molecular formula is C20H41. The molecule has 0 saturated carbocycles. The maximum Gasteiger partial charge on any atom is -0.0324 e. The molecule has 0 bridgehead atoms. The van der Waals surface area contributed by atoms with E-state index in [-0.39, 0.29) is 0 Å². The number of unbranched alkanes of at least 4 members (excludes halogenated alkanes) is 6. The van der Waals surface area contributed by atoms with E-state index in [1.165, 1.54) is 83.5 Å². The summed E-state index contributed by atoms with van der Waals surface area (Å²) in [5, 5.41) is 0. The lowest BCUT2D eigenvalue weighted by molar-refractivity contribution is 0.389. The Morgan fingerprint density at radius 3 is 1.70 bits per heavy atom. The zero-order chi connectivity index (χ0) is 15.1. The number of hydrogen-bond donors (Lipinski definition) is 0. The van der Waals surface area contributed by atoms with Gasteiger partial charge in [0.05, 0.1) is 0 Å². The van der Waals surface area contributed by atoms with Crippen LogP contribution in [-0.4, -0.2) is 0 Å². The van der Waals surface area contributed by atoms with Gasteiger partial charge < -0.3 is 0 Å². The van der Waals surface area contributed by atoms with Crippen LogP contribution in [0.5, 0.6) is 0 Å². The molecule has 0 aliphatic heterocycles. The lowest BCUT2D eigenvalue weighted by Crippen LogP contribution is -2.10. The highest BCUT2D eigenvalue weighted by Crippen LogP contribution is 2.27. The molecule has 0 aromatic rings. The summed E-state index contributed by atoms with van der Waals surface area (Å²) in [5.41, 5.74) is 0. The van der Waals surface area contributed by atoms with Crippen molar-refractivity contribution in [3.8, 4) is 0 Å². The van der Waals surface area contributed by atoms with E-state index in [0.29, 0.717) is 0 Å². The fraction of sp³-hybridized carbons (Fsp3) is 0.950. The van der Waals surface area contributed by atoms with Gasteiger partial charge in [-0.3, -0.25) is 0 Å².